The Morgan fingerprint density at radius 2 is 1.87 bits per heavy atom. The van der Waals surface area contributed by atoms with Crippen molar-refractivity contribution >= 4 is 61.4 Å². The van der Waals surface area contributed by atoms with E-state index in [4.69, 9.17) is 4.74 Å². The van der Waals surface area contributed by atoms with Crippen LogP contribution < -0.4 is 10.2 Å². The summed E-state index contributed by atoms with van der Waals surface area (Å²) >= 11 is 6.41. The lowest BCUT2D eigenvalue weighted by molar-refractivity contribution is -0.118. The van der Waals surface area contributed by atoms with Crippen molar-refractivity contribution in [2.75, 3.05) is 5.75 Å². The molecule has 0 aliphatic carbocycles. The van der Waals surface area contributed by atoms with E-state index in [1.807, 2.05) is 72.8 Å². The van der Waals surface area contributed by atoms with Crippen molar-refractivity contribution in [3.05, 3.63) is 88.4 Å². The minimum absolute atomic E-state index is 0.186. The number of nitrogens with zero attached hydrogens (tertiary/aromatic N) is 2. The number of benzene rings is 3. The summed E-state index contributed by atoms with van der Waals surface area (Å²) in [6.45, 7) is 0.448. The molecule has 1 heterocycles. The predicted molar refractivity (Wildman–Crippen MR) is 131 cm³/mol. The quantitative estimate of drug-likeness (QED) is 0.182. The molecule has 0 unspecified atom stereocenters. The Morgan fingerprint density at radius 1 is 1.10 bits per heavy atom. The lowest BCUT2D eigenvalue weighted by atomic mass is 10.2. The first-order chi connectivity index (χ1) is 15.2. The summed E-state index contributed by atoms with van der Waals surface area (Å²) in [6, 6.07) is 23.5. The molecule has 1 aromatic heterocycles. The zero-order valence-electron chi connectivity index (χ0n) is 16.3. The monoisotopic (exact) mass is 511 g/mol. The molecule has 4 rings (SSSR count). The van der Waals surface area contributed by atoms with Gasteiger partial charge < -0.3 is 4.74 Å². The highest BCUT2D eigenvalue weighted by atomic mass is 79.9. The molecular weight excluding hydrogens is 494 g/mol. The van der Waals surface area contributed by atoms with Crippen LogP contribution in [0.25, 0.3) is 10.2 Å². The highest BCUT2D eigenvalue weighted by Gasteiger charge is 2.07. The molecule has 0 aliphatic heterocycles. The number of ether oxygens (including phenoxy) is 1. The van der Waals surface area contributed by atoms with Gasteiger partial charge in [-0.3, -0.25) is 4.79 Å². The van der Waals surface area contributed by atoms with Crippen LogP contribution >= 0.6 is 39.0 Å². The second kappa shape index (κ2) is 10.6. The first-order valence-corrected chi connectivity index (χ1v) is 12.0. The van der Waals surface area contributed by atoms with Crippen LogP contribution in [0.4, 0.5) is 0 Å². The molecule has 31 heavy (non-hydrogen) atoms. The number of hydrogen-bond donors (Lipinski definition) is 1. The average molecular weight is 512 g/mol. The number of hydrogen-bond acceptors (Lipinski definition) is 6. The van der Waals surface area contributed by atoms with E-state index < -0.39 is 0 Å². The van der Waals surface area contributed by atoms with E-state index in [2.05, 4.69) is 31.4 Å². The molecule has 1 amide bonds. The van der Waals surface area contributed by atoms with Gasteiger partial charge in [0.15, 0.2) is 4.34 Å². The third-order valence-electron chi connectivity index (χ3n) is 4.22. The van der Waals surface area contributed by atoms with E-state index in [0.717, 1.165) is 30.2 Å². The van der Waals surface area contributed by atoms with Crippen LogP contribution in [0.1, 0.15) is 11.1 Å². The molecule has 0 spiro atoms. The Labute approximate surface area is 196 Å². The minimum atomic E-state index is -0.186. The zero-order valence-corrected chi connectivity index (χ0v) is 19.5. The maximum Gasteiger partial charge on any atom is 0.250 e. The highest BCUT2D eigenvalue weighted by molar-refractivity contribution is 9.10. The Balaban J connectivity index is 1.29. The minimum Gasteiger partial charge on any atom is -0.488 e. The molecule has 0 bridgehead atoms. The number of nitrogens with one attached hydrogen (secondary N) is 1. The first-order valence-electron chi connectivity index (χ1n) is 9.44. The summed E-state index contributed by atoms with van der Waals surface area (Å²) in [4.78, 5) is 16.7. The van der Waals surface area contributed by atoms with Gasteiger partial charge in [-0.2, -0.15) is 5.10 Å². The van der Waals surface area contributed by atoms with Crippen LogP contribution in [0.15, 0.2) is 86.7 Å². The van der Waals surface area contributed by atoms with Crippen molar-refractivity contribution in [3.8, 4) is 5.75 Å². The van der Waals surface area contributed by atoms with Crippen molar-refractivity contribution in [1.29, 1.82) is 0 Å². The van der Waals surface area contributed by atoms with Crippen molar-refractivity contribution in [2.24, 2.45) is 5.10 Å². The SMILES string of the molecule is O=C(CSc1nc2ccccc2s1)NN=Cc1ccccc1OCc1ccc(Br)cc1. The van der Waals surface area contributed by atoms with E-state index in [9.17, 15) is 4.79 Å². The normalized spacial score (nSPS) is 11.1. The molecule has 0 atom stereocenters. The van der Waals surface area contributed by atoms with E-state index in [0.29, 0.717) is 12.4 Å². The van der Waals surface area contributed by atoms with Crippen LogP contribution in [-0.2, 0) is 11.4 Å². The molecule has 0 radical (unpaired) electrons. The Bertz CT molecular complexity index is 1180. The number of amides is 1. The molecule has 3 aromatic carbocycles. The van der Waals surface area contributed by atoms with Crippen molar-refractivity contribution in [3.63, 3.8) is 0 Å². The number of thiazole rings is 1. The van der Waals surface area contributed by atoms with Gasteiger partial charge in [-0.25, -0.2) is 10.4 Å². The largest absolute Gasteiger partial charge is 0.488 e. The van der Waals surface area contributed by atoms with Crippen molar-refractivity contribution < 1.29 is 9.53 Å². The third kappa shape index (κ3) is 6.16. The molecule has 8 heteroatoms. The number of carbonyl (C=O) groups excluding carboxylic acids is 1. The Hall–Kier alpha value is -2.68. The smallest absolute Gasteiger partial charge is 0.250 e. The Kier molecular flexibility index (Phi) is 7.35. The van der Waals surface area contributed by atoms with Gasteiger partial charge in [0.2, 0.25) is 0 Å². The molecular formula is C23H18BrN3O2S2. The molecule has 156 valence electrons. The molecule has 4 aromatic rings. The number of carbonyl (C=O) groups is 1. The van der Waals surface area contributed by atoms with Crippen LogP contribution in [0, 0.1) is 0 Å². The number of thioether (sulfide) groups is 1. The summed E-state index contributed by atoms with van der Waals surface area (Å²) in [7, 11) is 0. The van der Waals surface area contributed by atoms with Gasteiger partial charge in [-0.15, -0.1) is 11.3 Å². The van der Waals surface area contributed by atoms with Crippen LogP contribution in [-0.4, -0.2) is 22.9 Å². The van der Waals surface area contributed by atoms with E-state index in [-0.39, 0.29) is 11.7 Å². The van der Waals surface area contributed by atoms with Gasteiger partial charge >= 0.3 is 0 Å². The predicted octanol–water partition coefficient (Wildman–Crippen LogP) is 5.88. The van der Waals surface area contributed by atoms with Crippen molar-refractivity contribution in [2.45, 2.75) is 10.9 Å². The summed E-state index contributed by atoms with van der Waals surface area (Å²) in [5, 5.41) is 4.08. The molecule has 0 aliphatic rings. The second-order valence-electron chi connectivity index (χ2n) is 6.48. The van der Waals surface area contributed by atoms with Gasteiger partial charge in [-0.1, -0.05) is 64.1 Å². The summed E-state index contributed by atoms with van der Waals surface area (Å²) < 4.78 is 8.93. The maximum absolute atomic E-state index is 12.1. The topological polar surface area (TPSA) is 63.6 Å². The molecule has 0 saturated carbocycles. The number of fused-ring (bicyclic) bond motifs is 1. The lowest BCUT2D eigenvalue weighted by Crippen LogP contribution is -2.19. The number of halogens is 1. The molecule has 0 saturated heterocycles. The standard InChI is InChI=1S/C23H18BrN3O2S2/c24-18-11-9-16(10-12-18)14-29-20-7-3-1-5-17(20)13-25-27-22(28)15-30-23-26-19-6-2-4-8-21(19)31-23/h1-13H,14-15H2,(H,27,28). The van der Waals surface area contributed by atoms with E-state index in [1.54, 1.807) is 17.6 Å². The highest BCUT2D eigenvalue weighted by Crippen LogP contribution is 2.29. The molecule has 1 N–H and O–H groups in total. The molecule has 5 nitrogen and oxygen atoms in total. The number of rotatable bonds is 8. The summed E-state index contributed by atoms with van der Waals surface area (Å²) in [5.41, 5.74) is 5.38. The van der Waals surface area contributed by atoms with E-state index >= 15 is 0 Å². The maximum atomic E-state index is 12.1. The number of para-hydroxylation sites is 2. The lowest BCUT2D eigenvalue weighted by Gasteiger charge is -2.09. The van der Waals surface area contributed by atoms with Gasteiger partial charge in [0.05, 0.1) is 22.2 Å². The molecule has 0 fully saturated rings. The van der Waals surface area contributed by atoms with Gasteiger partial charge in [0, 0.05) is 10.0 Å². The van der Waals surface area contributed by atoms with Crippen LogP contribution in [0.2, 0.25) is 0 Å². The Morgan fingerprint density at radius 3 is 2.71 bits per heavy atom. The average Bonchev–Trinajstić information content (AvgIpc) is 3.21. The number of aromatic nitrogens is 1. The first kappa shape index (κ1) is 21.5. The summed E-state index contributed by atoms with van der Waals surface area (Å²) in [5.74, 6) is 0.764. The third-order valence-corrected chi connectivity index (χ3v) is 6.93. The fourth-order valence-corrected chi connectivity index (χ4v) is 4.83. The summed E-state index contributed by atoms with van der Waals surface area (Å²) in [6.07, 6.45) is 1.59. The fraction of sp³-hybridized carbons (Fsp3) is 0.0870. The van der Waals surface area contributed by atoms with Gasteiger partial charge in [0.1, 0.15) is 12.4 Å². The van der Waals surface area contributed by atoms with E-state index in [1.165, 1.54) is 11.8 Å². The zero-order chi connectivity index (χ0) is 21.5. The fourth-order valence-electron chi connectivity index (χ4n) is 2.71. The van der Waals surface area contributed by atoms with Crippen LogP contribution in [0.5, 0.6) is 5.75 Å². The second-order valence-corrected chi connectivity index (χ2v) is 9.65. The number of hydrazone groups is 1. The van der Waals surface area contributed by atoms with Crippen LogP contribution in [0.3, 0.4) is 0 Å². The van der Waals surface area contributed by atoms with Crippen molar-refractivity contribution in [1.82, 2.24) is 10.4 Å². The van der Waals surface area contributed by atoms with Gasteiger partial charge in [0.25, 0.3) is 5.91 Å². The van der Waals surface area contributed by atoms with Gasteiger partial charge in [-0.05, 0) is 42.0 Å².